The van der Waals surface area contributed by atoms with Crippen molar-refractivity contribution in [2.24, 2.45) is 28.6 Å². The van der Waals surface area contributed by atoms with Crippen LogP contribution in [0.5, 0.6) is 0 Å². The predicted octanol–water partition coefficient (Wildman–Crippen LogP) is 5.21. The van der Waals surface area contributed by atoms with Crippen LogP contribution >= 0.6 is 0 Å². The van der Waals surface area contributed by atoms with E-state index in [-0.39, 0.29) is 29.8 Å². The van der Waals surface area contributed by atoms with Crippen LogP contribution < -0.4 is 0 Å². The molecule has 3 saturated carbocycles. The second-order valence-corrected chi connectivity index (χ2v) is 13.9. The van der Waals surface area contributed by atoms with Gasteiger partial charge in [0.2, 0.25) is 5.78 Å². The van der Waals surface area contributed by atoms with Crippen molar-refractivity contribution in [3.8, 4) is 0 Å². The summed E-state index contributed by atoms with van der Waals surface area (Å²) in [5, 5.41) is 21.5. The van der Waals surface area contributed by atoms with Gasteiger partial charge >= 0.3 is 11.9 Å². The van der Waals surface area contributed by atoms with E-state index in [2.05, 4.69) is 4.84 Å². The van der Waals surface area contributed by atoms with E-state index in [1.165, 1.54) is 30.4 Å². The van der Waals surface area contributed by atoms with Gasteiger partial charge in [0.05, 0.1) is 11.7 Å². The number of unbranched alkanes of at least 4 members (excludes halogenated alkanes) is 1. The maximum absolute atomic E-state index is 17.7. The van der Waals surface area contributed by atoms with Crippen molar-refractivity contribution in [1.82, 2.24) is 0 Å². The lowest BCUT2D eigenvalue weighted by molar-refractivity contribution is -0.763. The first-order valence-electron chi connectivity index (χ1n) is 16.2. The summed E-state index contributed by atoms with van der Waals surface area (Å²) >= 11 is 0. The smallest absolute Gasteiger partial charge is 0.338 e. The van der Waals surface area contributed by atoms with Crippen LogP contribution in [0.15, 0.2) is 48.1 Å². The van der Waals surface area contributed by atoms with Gasteiger partial charge in [0, 0.05) is 29.1 Å². The highest BCUT2D eigenvalue weighted by molar-refractivity contribution is 6.01. The number of hydrogen-bond donors (Lipinski definition) is 1. The number of ether oxygens (including phenoxy) is 2. The molecule has 1 aromatic rings. The normalized spacial score (nSPS) is 35.5. The molecule has 0 radical (unpaired) electrons. The van der Waals surface area contributed by atoms with Crippen LogP contribution in [0.1, 0.15) is 88.6 Å². The molecule has 0 amide bonds. The number of nitrogens with zero attached hydrogens (tertiary/aromatic N) is 1. The van der Waals surface area contributed by atoms with Gasteiger partial charge in [-0.15, -0.1) is 10.1 Å². The SMILES string of the molecule is CCCCC(=O)O[C@]1(C(=O)COC(=O)c2ccccc2CO[N+](=O)[O-])[C@@H](C)CC2C3CCC4=CC(=O)C=C[C@]4(C)[C@@]3(F)[C@@H](O)C[C@@]21C. The summed E-state index contributed by atoms with van der Waals surface area (Å²) in [5.74, 6) is -4.27. The zero-order valence-corrected chi connectivity index (χ0v) is 27.2. The van der Waals surface area contributed by atoms with Gasteiger partial charge in [0.1, 0.15) is 6.61 Å². The number of halogens is 1. The van der Waals surface area contributed by atoms with E-state index in [9.17, 15) is 34.4 Å². The molecule has 4 aliphatic rings. The van der Waals surface area contributed by atoms with Crippen LogP contribution in [0.2, 0.25) is 0 Å². The number of esters is 2. The Kier molecular flexibility index (Phi) is 9.22. The molecule has 254 valence electrons. The Labute approximate surface area is 272 Å². The summed E-state index contributed by atoms with van der Waals surface area (Å²) in [6.07, 6.45) is 4.93. The predicted molar refractivity (Wildman–Crippen MR) is 165 cm³/mol. The van der Waals surface area contributed by atoms with E-state index in [1.54, 1.807) is 32.9 Å². The molecule has 12 heteroatoms. The maximum Gasteiger partial charge on any atom is 0.338 e. The fourth-order valence-electron chi connectivity index (χ4n) is 9.23. The van der Waals surface area contributed by atoms with Gasteiger partial charge in [-0.25, -0.2) is 9.18 Å². The highest BCUT2D eigenvalue weighted by atomic mass is 19.1. The van der Waals surface area contributed by atoms with Crippen molar-refractivity contribution >= 4 is 23.5 Å². The van der Waals surface area contributed by atoms with Crippen LogP contribution in [-0.2, 0) is 35.3 Å². The molecule has 0 heterocycles. The largest absolute Gasteiger partial charge is 0.454 e. The molecule has 3 fully saturated rings. The molecule has 8 atom stereocenters. The Bertz CT molecular complexity index is 1540. The van der Waals surface area contributed by atoms with E-state index in [0.717, 1.165) is 0 Å². The van der Waals surface area contributed by atoms with E-state index in [0.29, 0.717) is 37.7 Å². The van der Waals surface area contributed by atoms with Gasteiger partial charge < -0.3 is 19.4 Å². The lowest BCUT2D eigenvalue weighted by atomic mass is 9.44. The Morgan fingerprint density at radius 3 is 2.60 bits per heavy atom. The lowest BCUT2D eigenvalue weighted by Crippen LogP contribution is -2.70. The third kappa shape index (κ3) is 5.38. The number of allylic oxidation sites excluding steroid dienone is 4. The Balaban J connectivity index is 1.49. The number of hydrogen-bond acceptors (Lipinski definition) is 10. The van der Waals surface area contributed by atoms with Crippen LogP contribution in [0.3, 0.4) is 0 Å². The zero-order chi connectivity index (χ0) is 34.4. The van der Waals surface area contributed by atoms with Gasteiger partial charge in [0.25, 0.3) is 5.09 Å². The Morgan fingerprint density at radius 1 is 1.17 bits per heavy atom. The molecule has 0 aromatic heterocycles. The zero-order valence-electron chi connectivity index (χ0n) is 27.2. The molecule has 0 bridgehead atoms. The first kappa shape index (κ1) is 34.4. The first-order valence-corrected chi connectivity index (χ1v) is 16.2. The first-order chi connectivity index (χ1) is 22.2. The average molecular weight is 656 g/mol. The van der Waals surface area contributed by atoms with Crippen molar-refractivity contribution in [2.45, 2.75) is 96.6 Å². The van der Waals surface area contributed by atoms with Crippen molar-refractivity contribution in [2.75, 3.05) is 6.61 Å². The van der Waals surface area contributed by atoms with Crippen LogP contribution in [0.25, 0.3) is 0 Å². The maximum atomic E-state index is 17.7. The number of rotatable bonds is 11. The monoisotopic (exact) mass is 655 g/mol. The van der Waals surface area contributed by atoms with E-state index >= 15 is 4.39 Å². The van der Waals surface area contributed by atoms with Gasteiger partial charge in [-0.1, -0.05) is 57.0 Å². The van der Waals surface area contributed by atoms with Crippen LogP contribution in [0, 0.1) is 38.7 Å². The summed E-state index contributed by atoms with van der Waals surface area (Å²) in [5.41, 5.74) is -5.67. The average Bonchev–Trinajstić information content (AvgIpc) is 3.24. The molecule has 0 aliphatic heterocycles. The fraction of sp³-hybridized carbons (Fsp3) is 0.600. The molecule has 5 rings (SSSR count). The topological polar surface area (TPSA) is 159 Å². The van der Waals surface area contributed by atoms with Crippen LogP contribution in [0.4, 0.5) is 4.39 Å². The molecular formula is C35H42FNO10. The third-order valence-electron chi connectivity index (χ3n) is 11.5. The lowest BCUT2D eigenvalue weighted by Gasteiger charge is -2.62. The molecule has 4 aliphatic carbocycles. The van der Waals surface area contributed by atoms with Gasteiger partial charge in [0.15, 0.2) is 23.7 Å². The molecule has 2 unspecified atom stereocenters. The second kappa shape index (κ2) is 12.6. The van der Waals surface area contributed by atoms with E-state index < -0.39 is 82.0 Å². The van der Waals surface area contributed by atoms with Gasteiger partial charge in [-0.3, -0.25) is 14.4 Å². The highest BCUT2D eigenvalue weighted by Gasteiger charge is 2.77. The van der Waals surface area contributed by atoms with Gasteiger partial charge in [-0.05, 0) is 68.7 Å². The molecule has 1 N–H and O–H groups in total. The Hall–Kier alpha value is -3.93. The summed E-state index contributed by atoms with van der Waals surface area (Å²) in [4.78, 5) is 68.3. The van der Waals surface area contributed by atoms with E-state index in [4.69, 9.17) is 9.47 Å². The van der Waals surface area contributed by atoms with E-state index in [1.807, 2.05) is 6.92 Å². The number of aliphatic hydroxyl groups is 1. The van der Waals surface area contributed by atoms with Crippen molar-refractivity contribution in [3.63, 3.8) is 0 Å². The quantitative estimate of drug-likeness (QED) is 0.191. The standard InChI is InChI=1S/C35H42FNO10/c1-5-6-11-30(41)47-35(29(40)20-45-31(42)25-10-8-7-9-22(25)19-46-37(43)44)21(2)16-27-26-13-12-23-17-24(38)14-15-32(23,3)34(26,36)28(39)18-33(27,35)4/h7-10,14-15,17,21,26-28,39H,5-6,11-13,16,18-20H2,1-4H3/t21-,26?,27?,28-,32-,33-,34-,35-/m0/s1. The minimum Gasteiger partial charge on any atom is -0.454 e. The minimum atomic E-state index is -2.15. The van der Waals surface area contributed by atoms with Crippen molar-refractivity contribution in [3.05, 3.63) is 69.3 Å². The highest BCUT2D eigenvalue weighted by Crippen LogP contribution is 2.71. The number of ketones is 2. The summed E-state index contributed by atoms with van der Waals surface area (Å²) in [6.45, 7) is 5.85. The summed E-state index contributed by atoms with van der Waals surface area (Å²) in [6, 6.07) is 5.95. The number of alkyl halides is 1. The fourth-order valence-corrected chi connectivity index (χ4v) is 9.23. The summed E-state index contributed by atoms with van der Waals surface area (Å²) < 4.78 is 29.4. The number of carbonyl (C=O) groups excluding carboxylic acids is 4. The number of benzene rings is 1. The molecule has 11 nitrogen and oxygen atoms in total. The number of aliphatic hydroxyl groups excluding tert-OH is 1. The third-order valence-corrected chi connectivity index (χ3v) is 11.5. The van der Waals surface area contributed by atoms with Crippen molar-refractivity contribution in [1.29, 1.82) is 0 Å². The molecule has 0 spiro atoms. The molecular weight excluding hydrogens is 613 g/mol. The number of fused-ring (bicyclic) bond motifs is 5. The van der Waals surface area contributed by atoms with Gasteiger partial charge in [-0.2, -0.15) is 0 Å². The second-order valence-electron chi connectivity index (χ2n) is 13.9. The molecule has 0 saturated heterocycles. The summed E-state index contributed by atoms with van der Waals surface area (Å²) in [7, 11) is 0. The van der Waals surface area contributed by atoms with Crippen molar-refractivity contribution < 1.29 is 48.1 Å². The minimum absolute atomic E-state index is 0.0340. The Morgan fingerprint density at radius 2 is 1.89 bits per heavy atom. The molecule has 1 aromatic carbocycles. The molecule has 47 heavy (non-hydrogen) atoms. The van der Waals surface area contributed by atoms with Crippen LogP contribution in [-0.4, -0.2) is 57.7 Å². The number of carbonyl (C=O) groups is 4. The number of Topliss-reactive ketones (excluding diaryl/α,β-unsaturated/α-hetero) is 1.